The summed E-state index contributed by atoms with van der Waals surface area (Å²) in [6, 6.07) is 12.7. The Labute approximate surface area is 191 Å². The lowest BCUT2D eigenvalue weighted by atomic mass is 10.0. The third-order valence-electron chi connectivity index (χ3n) is 5.11. The molecule has 4 aromatic rings. The van der Waals surface area contributed by atoms with Crippen LogP contribution in [-0.4, -0.2) is 23.1 Å². The van der Waals surface area contributed by atoms with Crippen molar-refractivity contribution in [1.82, 2.24) is 15.3 Å². The molecule has 5 rings (SSSR count). The highest BCUT2D eigenvalue weighted by Gasteiger charge is 2.16. The van der Waals surface area contributed by atoms with Crippen LogP contribution >= 0.6 is 11.9 Å². The zero-order valence-electron chi connectivity index (χ0n) is 17.3. The van der Waals surface area contributed by atoms with E-state index in [0.717, 1.165) is 45.6 Å². The van der Waals surface area contributed by atoms with Gasteiger partial charge >= 0.3 is 6.03 Å². The minimum atomic E-state index is -0.661. The normalized spacial score (nSPS) is 12.6. The molecule has 0 atom stereocenters. The Bertz CT molecular complexity index is 1400. The summed E-state index contributed by atoms with van der Waals surface area (Å²) in [5.41, 5.74) is 3.89. The number of halogens is 2. The highest BCUT2D eigenvalue weighted by atomic mass is 32.2. The molecule has 0 saturated heterocycles. The fourth-order valence-electron chi connectivity index (χ4n) is 3.48. The molecule has 2 aromatic carbocycles. The Morgan fingerprint density at radius 2 is 1.97 bits per heavy atom. The maximum absolute atomic E-state index is 14.0. The summed E-state index contributed by atoms with van der Waals surface area (Å²) in [5, 5.41) is 6.36. The highest BCUT2D eigenvalue weighted by molar-refractivity contribution is 8.00. The molecule has 1 aliphatic rings. The van der Waals surface area contributed by atoms with Crippen molar-refractivity contribution in [2.45, 2.75) is 11.4 Å². The van der Waals surface area contributed by atoms with Gasteiger partial charge in [-0.2, -0.15) is 0 Å². The number of benzene rings is 2. The van der Waals surface area contributed by atoms with Crippen LogP contribution in [0, 0.1) is 11.6 Å². The van der Waals surface area contributed by atoms with Crippen molar-refractivity contribution in [2.75, 3.05) is 17.1 Å². The molecule has 2 amide bonds. The Morgan fingerprint density at radius 3 is 2.79 bits per heavy atom. The lowest BCUT2D eigenvalue weighted by molar-refractivity contribution is 0.250. The summed E-state index contributed by atoms with van der Waals surface area (Å²) in [5.74, 6) is -0.399. The molecule has 0 aliphatic carbocycles. The van der Waals surface area contributed by atoms with E-state index in [2.05, 4.69) is 25.3 Å². The van der Waals surface area contributed by atoms with Crippen LogP contribution in [0.3, 0.4) is 0 Å². The fraction of sp³-hybridized carbons (Fsp3) is 0.0870. The van der Waals surface area contributed by atoms with Gasteiger partial charge < -0.3 is 14.8 Å². The standard InChI is InChI=1S/C23H17F2N5O2S/c1-32-22-19(30-33-20-5-3-16(24)9-17(20)25)8-14(10-26-22)12-2-4-18-13(6-12)7-15-11-27-23(31)29-21(15)28-18/h2-10,30H,11H2,1H3,(H2,27,28,29,31). The van der Waals surface area contributed by atoms with Gasteiger partial charge in [-0.25, -0.2) is 23.5 Å². The minimum Gasteiger partial charge on any atom is -0.480 e. The van der Waals surface area contributed by atoms with Gasteiger partial charge in [0, 0.05) is 35.3 Å². The van der Waals surface area contributed by atoms with E-state index in [-0.39, 0.29) is 10.9 Å². The number of carbonyl (C=O) groups excluding carboxylic acids is 1. The first-order chi connectivity index (χ1) is 16.0. The van der Waals surface area contributed by atoms with Crippen LogP contribution in [-0.2, 0) is 6.54 Å². The molecule has 0 unspecified atom stereocenters. The number of amides is 2. The van der Waals surface area contributed by atoms with Gasteiger partial charge in [-0.1, -0.05) is 6.07 Å². The number of ether oxygens (including phenoxy) is 1. The number of anilines is 2. The molecule has 3 N–H and O–H groups in total. The number of rotatable bonds is 5. The number of nitrogens with one attached hydrogen (secondary N) is 3. The van der Waals surface area contributed by atoms with E-state index in [9.17, 15) is 13.6 Å². The monoisotopic (exact) mass is 465 g/mol. The number of aromatic nitrogens is 2. The largest absolute Gasteiger partial charge is 0.480 e. The predicted molar refractivity (Wildman–Crippen MR) is 123 cm³/mol. The Kier molecular flexibility index (Phi) is 5.43. The van der Waals surface area contributed by atoms with Crippen molar-refractivity contribution in [3.8, 4) is 17.0 Å². The number of pyridine rings is 2. The number of methoxy groups -OCH3 is 1. The minimum absolute atomic E-state index is 0.242. The molecule has 10 heteroatoms. The average Bonchev–Trinajstić information content (AvgIpc) is 2.81. The zero-order chi connectivity index (χ0) is 22.9. The van der Waals surface area contributed by atoms with Crippen molar-refractivity contribution in [2.24, 2.45) is 0 Å². The van der Waals surface area contributed by atoms with Crippen LogP contribution in [0.15, 0.2) is 59.6 Å². The van der Waals surface area contributed by atoms with Gasteiger partial charge in [-0.05, 0) is 53.9 Å². The Morgan fingerprint density at radius 1 is 1.09 bits per heavy atom. The summed E-state index contributed by atoms with van der Waals surface area (Å²) < 4.78 is 35.5. The molecular formula is C23H17F2N5O2S. The number of fused-ring (bicyclic) bond motifs is 2. The first kappa shape index (κ1) is 21.0. The van der Waals surface area contributed by atoms with Crippen molar-refractivity contribution in [1.29, 1.82) is 0 Å². The van der Waals surface area contributed by atoms with Gasteiger partial charge in [0.15, 0.2) is 0 Å². The molecule has 0 spiro atoms. The van der Waals surface area contributed by atoms with Crippen LogP contribution in [0.4, 0.5) is 25.1 Å². The van der Waals surface area contributed by atoms with Gasteiger partial charge in [0.2, 0.25) is 5.88 Å². The SMILES string of the molecule is COc1ncc(-c2ccc3nc4c(cc3c2)CNC(=O)N4)cc1NSc1ccc(F)cc1F. The first-order valence-corrected chi connectivity index (χ1v) is 10.7. The van der Waals surface area contributed by atoms with E-state index in [1.54, 1.807) is 6.20 Å². The average molecular weight is 465 g/mol. The highest BCUT2D eigenvalue weighted by Crippen LogP contribution is 2.34. The quantitative estimate of drug-likeness (QED) is 0.345. The number of urea groups is 1. The number of hydrogen-bond acceptors (Lipinski definition) is 6. The molecule has 1 aliphatic heterocycles. The summed E-state index contributed by atoms with van der Waals surface area (Å²) in [6.45, 7) is 0.406. The summed E-state index contributed by atoms with van der Waals surface area (Å²) in [7, 11) is 1.49. The third-order valence-corrected chi connectivity index (χ3v) is 5.98. The van der Waals surface area contributed by atoms with Crippen molar-refractivity contribution in [3.05, 3.63) is 71.9 Å². The first-order valence-electron chi connectivity index (χ1n) is 9.91. The smallest absolute Gasteiger partial charge is 0.320 e. The fourth-order valence-corrected chi connectivity index (χ4v) is 4.14. The molecule has 2 aromatic heterocycles. The van der Waals surface area contributed by atoms with Crippen LogP contribution in [0.25, 0.3) is 22.0 Å². The second-order valence-corrected chi connectivity index (χ2v) is 8.12. The van der Waals surface area contributed by atoms with E-state index in [1.165, 1.54) is 19.2 Å². The Hall–Kier alpha value is -3.92. The van der Waals surface area contributed by atoms with Gasteiger partial charge in [-0.3, -0.25) is 5.32 Å². The van der Waals surface area contributed by atoms with Crippen LogP contribution < -0.4 is 20.1 Å². The van der Waals surface area contributed by atoms with Crippen molar-refractivity contribution < 1.29 is 18.3 Å². The number of hydrogen-bond donors (Lipinski definition) is 3. The molecular weight excluding hydrogens is 448 g/mol. The van der Waals surface area contributed by atoms with Crippen molar-refractivity contribution in [3.63, 3.8) is 0 Å². The van der Waals surface area contributed by atoms with Gasteiger partial charge in [-0.15, -0.1) is 0 Å². The van der Waals surface area contributed by atoms with E-state index >= 15 is 0 Å². The Balaban J connectivity index is 1.46. The van der Waals surface area contributed by atoms with Gasteiger partial charge in [0.25, 0.3) is 0 Å². The molecule has 0 fully saturated rings. The van der Waals surface area contributed by atoms with Gasteiger partial charge in [0.05, 0.1) is 17.5 Å². The van der Waals surface area contributed by atoms with E-state index in [0.29, 0.717) is 23.9 Å². The maximum atomic E-state index is 14.0. The number of carbonyl (C=O) groups is 1. The second-order valence-electron chi connectivity index (χ2n) is 7.27. The topological polar surface area (TPSA) is 88.2 Å². The van der Waals surface area contributed by atoms with Gasteiger partial charge in [0.1, 0.15) is 23.1 Å². The lowest BCUT2D eigenvalue weighted by Gasteiger charge is -2.18. The molecule has 0 saturated carbocycles. The predicted octanol–water partition coefficient (Wildman–Crippen LogP) is 5.34. The van der Waals surface area contributed by atoms with Crippen LogP contribution in [0.5, 0.6) is 5.88 Å². The molecule has 0 bridgehead atoms. The summed E-state index contributed by atoms with van der Waals surface area (Å²) >= 11 is 0.997. The zero-order valence-corrected chi connectivity index (χ0v) is 18.1. The molecule has 166 valence electrons. The third kappa shape index (κ3) is 4.24. The maximum Gasteiger partial charge on any atom is 0.320 e. The van der Waals surface area contributed by atoms with Crippen molar-refractivity contribution >= 4 is 40.4 Å². The second kappa shape index (κ2) is 8.55. The van der Waals surface area contributed by atoms with Crippen LogP contribution in [0.2, 0.25) is 0 Å². The van der Waals surface area contributed by atoms with E-state index in [1.807, 2.05) is 30.3 Å². The van der Waals surface area contributed by atoms with Crippen LogP contribution in [0.1, 0.15) is 5.56 Å². The number of nitrogens with zero attached hydrogens (tertiary/aromatic N) is 2. The molecule has 7 nitrogen and oxygen atoms in total. The lowest BCUT2D eigenvalue weighted by Crippen LogP contribution is -2.33. The molecule has 3 heterocycles. The molecule has 0 radical (unpaired) electrons. The van der Waals surface area contributed by atoms with E-state index in [4.69, 9.17) is 4.74 Å². The van der Waals surface area contributed by atoms with E-state index < -0.39 is 11.6 Å². The summed E-state index contributed by atoms with van der Waals surface area (Å²) in [6.07, 6.45) is 1.68. The molecule has 33 heavy (non-hydrogen) atoms. The summed E-state index contributed by atoms with van der Waals surface area (Å²) in [4.78, 5) is 20.7.